The van der Waals surface area contributed by atoms with Crippen molar-refractivity contribution in [1.82, 2.24) is 30.0 Å². The third kappa shape index (κ3) is 4.70. The summed E-state index contributed by atoms with van der Waals surface area (Å²) in [6, 6.07) is 3.84. The van der Waals surface area contributed by atoms with Gasteiger partial charge in [0.15, 0.2) is 17.3 Å². The molecule has 8 nitrogen and oxygen atoms in total. The summed E-state index contributed by atoms with van der Waals surface area (Å²) in [5, 5.41) is 6.12. The number of pyridine rings is 1. The highest BCUT2D eigenvalue weighted by molar-refractivity contribution is 5.95. The lowest BCUT2D eigenvalue weighted by Crippen LogP contribution is -2.42. The predicted octanol–water partition coefficient (Wildman–Crippen LogP) is 3.74. The number of hydrogen-bond acceptors (Lipinski definition) is 6. The topological polar surface area (TPSA) is 112 Å². The maximum Gasteiger partial charge on any atom is 0.435 e. The molecule has 0 saturated heterocycles. The first-order valence-electron chi connectivity index (χ1n) is 10.8. The van der Waals surface area contributed by atoms with E-state index in [4.69, 9.17) is 5.73 Å². The number of aromatic nitrogens is 5. The minimum absolute atomic E-state index is 0.152. The molecule has 1 amide bonds. The van der Waals surface area contributed by atoms with Crippen LogP contribution in [-0.4, -0.2) is 37.2 Å². The van der Waals surface area contributed by atoms with Crippen molar-refractivity contribution in [3.8, 4) is 5.95 Å². The highest BCUT2D eigenvalue weighted by Gasteiger charge is 2.41. The van der Waals surface area contributed by atoms with Crippen molar-refractivity contribution in [2.24, 2.45) is 0 Å². The normalized spacial score (nSPS) is 15.8. The molecule has 3 aromatic heterocycles. The van der Waals surface area contributed by atoms with Gasteiger partial charge in [-0.15, -0.1) is 0 Å². The van der Waals surface area contributed by atoms with Crippen LogP contribution in [0.2, 0.25) is 0 Å². The average Bonchev–Trinajstić information content (AvgIpc) is 3.27. The van der Waals surface area contributed by atoms with Crippen molar-refractivity contribution < 1.29 is 22.4 Å². The van der Waals surface area contributed by atoms with Crippen LogP contribution in [0.15, 0.2) is 30.7 Å². The smallest absolute Gasteiger partial charge is 0.381 e. The third-order valence-corrected chi connectivity index (χ3v) is 6.11. The van der Waals surface area contributed by atoms with Crippen LogP contribution in [0.3, 0.4) is 0 Å². The first-order chi connectivity index (χ1) is 16.1. The zero-order valence-electron chi connectivity index (χ0n) is 18.4. The van der Waals surface area contributed by atoms with Gasteiger partial charge < -0.3 is 11.1 Å². The Labute approximate surface area is 192 Å². The molecule has 0 unspecified atom stereocenters. The summed E-state index contributed by atoms with van der Waals surface area (Å²) in [7, 11) is 0. The molecular weight excluding hydrogens is 454 g/mol. The van der Waals surface area contributed by atoms with Crippen molar-refractivity contribution >= 4 is 11.7 Å². The Hall–Kier alpha value is -3.57. The van der Waals surface area contributed by atoms with E-state index in [1.165, 1.54) is 0 Å². The Bertz CT molecular complexity index is 1180. The van der Waals surface area contributed by atoms with E-state index in [-0.39, 0.29) is 6.54 Å². The van der Waals surface area contributed by atoms with Crippen molar-refractivity contribution in [3.05, 3.63) is 59.1 Å². The lowest BCUT2D eigenvalue weighted by molar-refractivity contribution is -0.141. The van der Waals surface area contributed by atoms with E-state index < -0.39 is 46.3 Å². The molecule has 0 spiro atoms. The molecule has 34 heavy (non-hydrogen) atoms. The van der Waals surface area contributed by atoms with E-state index in [0.717, 1.165) is 55.8 Å². The van der Waals surface area contributed by atoms with Gasteiger partial charge >= 0.3 is 6.18 Å². The Balaban J connectivity index is 1.63. The van der Waals surface area contributed by atoms with Gasteiger partial charge in [-0.25, -0.2) is 14.1 Å². The zero-order chi connectivity index (χ0) is 24.5. The molecule has 4 rings (SSSR count). The fraction of sp³-hybridized carbons (Fsp3) is 0.409. The van der Waals surface area contributed by atoms with Gasteiger partial charge in [0.1, 0.15) is 0 Å². The maximum atomic E-state index is 13.7. The molecular formula is C22H23F4N7O. The number of nitrogens with one attached hydrogen (secondary N) is 1. The van der Waals surface area contributed by atoms with Crippen LogP contribution in [0.5, 0.6) is 0 Å². The van der Waals surface area contributed by atoms with Gasteiger partial charge in [-0.3, -0.25) is 9.78 Å². The van der Waals surface area contributed by atoms with Crippen LogP contribution >= 0.6 is 0 Å². The monoisotopic (exact) mass is 477 g/mol. The van der Waals surface area contributed by atoms with Gasteiger partial charge in [-0.2, -0.15) is 23.3 Å². The molecule has 3 aromatic rings. The molecule has 3 N–H and O–H groups in total. The minimum atomic E-state index is -4.91. The highest BCUT2D eigenvalue weighted by Crippen LogP contribution is 2.39. The molecule has 0 radical (unpaired) electrons. The molecule has 1 aliphatic carbocycles. The fourth-order valence-corrected chi connectivity index (χ4v) is 4.26. The lowest BCUT2D eigenvalue weighted by atomic mass is 9.69. The zero-order valence-corrected chi connectivity index (χ0v) is 18.4. The number of alkyl halides is 3. The summed E-state index contributed by atoms with van der Waals surface area (Å²) in [4.78, 5) is 24.5. The molecule has 0 aromatic carbocycles. The largest absolute Gasteiger partial charge is 0.435 e. The number of halogens is 4. The van der Waals surface area contributed by atoms with Gasteiger partial charge in [-0.05, 0) is 31.4 Å². The molecule has 1 aliphatic rings. The van der Waals surface area contributed by atoms with Crippen LogP contribution in [-0.2, 0) is 11.6 Å². The van der Waals surface area contributed by atoms with Crippen LogP contribution in [0, 0.1) is 12.7 Å². The van der Waals surface area contributed by atoms with Gasteiger partial charge in [0.2, 0.25) is 0 Å². The fourth-order valence-electron chi connectivity index (χ4n) is 4.26. The number of carbonyl (C=O) groups excluding carboxylic acids is 1. The van der Waals surface area contributed by atoms with E-state index in [2.05, 4.69) is 25.4 Å². The van der Waals surface area contributed by atoms with Gasteiger partial charge in [0, 0.05) is 30.0 Å². The molecule has 3 heterocycles. The van der Waals surface area contributed by atoms with Gasteiger partial charge in [0.05, 0.1) is 11.8 Å². The standard InChI is InChI=1S/C22H23F4N7O/c1-13-5-6-14(9-28-13)21(7-3-2-4-8-21)12-30-19(34)15-11-33(32-17(15)22(24,25)26)20-29-10-16(23)18(27)31-20/h5-6,9-11H,2-4,7-8,12H2,1H3,(H,30,34)(H2,27,29,31). The van der Waals surface area contributed by atoms with E-state index >= 15 is 0 Å². The summed E-state index contributed by atoms with van der Waals surface area (Å²) < 4.78 is 55.0. The number of anilines is 1. The van der Waals surface area contributed by atoms with E-state index in [1.807, 2.05) is 19.1 Å². The summed E-state index contributed by atoms with van der Waals surface area (Å²) in [5.41, 5.74) is 4.68. The second-order valence-corrected chi connectivity index (χ2v) is 8.45. The lowest BCUT2D eigenvalue weighted by Gasteiger charge is -2.38. The van der Waals surface area contributed by atoms with Crippen LogP contribution < -0.4 is 11.1 Å². The summed E-state index contributed by atoms with van der Waals surface area (Å²) >= 11 is 0. The van der Waals surface area contributed by atoms with Crippen LogP contribution in [0.25, 0.3) is 5.95 Å². The molecule has 180 valence electrons. The molecule has 1 saturated carbocycles. The number of nitrogen functional groups attached to an aromatic ring is 1. The molecule has 0 aliphatic heterocycles. The summed E-state index contributed by atoms with van der Waals surface area (Å²) in [5.74, 6) is -2.80. The van der Waals surface area contributed by atoms with Crippen molar-refractivity contribution in [2.45, 2.75) is 50.6 Å². The number of rotatable bonds is 5. The average molecular weight is 477 g/mol. The Morgan fingerprint density at radius 1 is 1.18 bits per heavy atom. The highest BCUT2D eigenvalue weighted by atomic mass is 19.4. The Kier molecular flexibility index (Phi) is 6.24. The Morgan fingerprint density at radius 3 is 2.53 bits per heavy atom. The molecule has 0 bridgehead atoms. The minimum Gasteiger partial charge on any atom is -0.381 e. The summed E-state index contributed by atoms with van der Waals surface area (Å²) in [6.07, 6.45) is 2.95. The molecule has 1 fully saturated rings. The first kappa shape index (κ1) is 23.6. The predicted molar refractivity (Wildman–Crippen MR) is 115 cm³/mol. The van der Waals surface area contributed by atoms with Gasteiger partial charge in [-0.1, -0.05) is 25.3 Å². The summed E-state index contributed by atoms with van der Waals surface area (Å²) in [6.45, 7) is 2.02. The number of carbonyl (C=O) groups is 1. The number of hydrogen-bond donors (Lipinski definition) is 2. The number of amides is 1. The molecule has 0 atom stereocenters. The first-order valence-corrected chi connectivity index (χ1v) is 10.8. The maximum absolute atomic E-state index is 13.7. The molecule has 12 heteroatoms. The van der Waals surface area contributed by atoms with Crippen molar-refractivity contribution in [2.75, 3.05) is 12.3 Å². The van der Waals surface area contributed by atoms with Crippen LogP contribution in [0.4, 0.5) is 23.4 Å². The second-order valence-electron chi connectivity index (χ2n) is 8.45. The Morgan fingerprint density at radius 2 is 1.91 bits per heavy atom. The number of nitrogens with two attached hydrogens (primary N) is 1. The SMILES string of the molecule is Cc1ccc(C2(CNC(=O)c3cn(-c4ncc(F)c(N)n4)nc3C(F)(F)F)CCCCC2)cn1. The van der Waals surface area contributed by atoms with Crippen molar-refractivity contribution in [3.63, 3.8) is 0 Å². The quantitative estimate of drug-likeness (QED) is 0.542. The third-order valence-electron chi connectivity index (χ3n) is 6.11. The second kappa shape index (κ2) is 8.99. The van der Waals surface area contributed by atoms with E-state index in [0.29, 0.717) is 4.68 Å². The van der Waals surface area contributed by atoms with E-state index in [9.17, 15) is 22.4 Å². The number of nitrogens with zero attached hydrogens (tertiary/aromatic N) is 5. The van der Waals surface area contributed by atoms with Crippen molar-refractivity contribution in [1.29, 1.82) is 0 Å². The van der Waals surface area contributed by atoms with Gasteiger partial charge in [0.25, 0.3) is 11.9 Å². The van der Waals surface area contributed by atoms with Crippen LogP contribution in [0.1, 0.15) is 59.4 Å². The number of aryl methyl sites for hydroxylation is 1. The van der Waals surface area contributed by atoms with E-state index in [1.54, 1.807) is 6.20 Å².